The number of aromatic nitrogens is 1. The largest absolute Gasteiger partial charge is 0.478 e. The summed E-state index contributed by atoms with van der Waals surface area (Å²) >= 11 is 1.98. The maximum Gasteiger partial charge on any atom is 0.335 e. The van der Waals surface area contributed by atoms with Crippen molar-refractivity contribution in [3.63, 3.8) is 0 Å². The molecule has 2 N–H and O–H groups in total. The highest BCUT2D eigenvalue weighted by atomic mass is 32.2. The molecule has 1 saturated heterocycles. The lowest BCUT2D eigenvalue weighted by molar-refractivity contribution is 0.0696. The van der Waals surface area contributed by atoms with Crippen LogP contribution >= 0.6 is 11.8 Å². The van der Waals surface area contributed by atoms with Crippen molar-refractivity contribution in [3.8, 4) is 0 Å². The fraction of sp³-hybridized carbons (Fsp3) is 0.600. The lowest BCUT2D eigenvalue weighted by Crippen LogP contribution is -2.19. The van der Waals surface area contributed by atoms with Crippen LogP contribution in [0.1, 0.15) is 43.2 Å². The van der Waals surface area contributed by atoms with Gasteiger partial charge in [0, 0.05) is 17.7 Å². The number of nitrogens with one attached hydrogen (secondary N) is 1. The third-order valence-electron chi connectivity index (χ3n) is 3.44. The predicted octanol–water partition coefficient (Wildman–Crippen LogP) is 3.24. The molecule has 0 aliphatic carbocycles. The Hall–Kier alpha value is -1.23. The van der Waals surface area contributed by atoms with Crippen LogP contribution in [0.5, 0.6) is 0 Å². The molecule has 1 atom stereocenters. The van der Waals surface area contributed by atoms with E-state index in [1.54, 1.807) is 12.1 Å². The summed E-state index contributed by atoms with van der Waals surface area (Å²) in [6.45, 7) is 6.99. The third-order valence-corrected chi connectivity index (χ3v) is 4.67. The number of carbonyl (C=O) groups is 1. The van der Waals surface area contributed by atoms with Gasteiger partial charge >= 0.3 is 5.97 Å². The molecule has 2 heterocycles. The molecule has 0 aromatic carbocycles. The molecular formula is C15H22N2O2S. The number of nitrogens with zero attached hydrogens (tertiary/aromatic N) is 1. The first-order valence-corrected chi connectivity index (χ1v) is 8.09. The molecule has 4 nitrogen and oxygen atoms in total. The lowest BCUT2D eigenvalue weighted by Gasteiger charge is -2.20. The molecule has 1 aromatic heterocycles. The van der Waals surface area contributed by atoms with Gasteiger partial charge in [0.25, 0.3) is 0 Å². The number of thioether (sulfide) groups is 1. The number of hydrogen-bond acceptors (Lipinski definition) is 4. The fourth-order valence-corrected chi connectivity index (χ4v) is 3.41. The third kappa shape index (κ3) is 3.88. The van der Waals surface area contributed by atoms with E-state index in [-0.39, 0.29) is 5.41 Å². The van der Waals surface area contributed by atoms with Gasteiger partial charge in [-0.1, -0.05) is 20.8 Å². The summed E-state index contributed by atoms with van der Waals surface area (Å²) in [5.41, 5.74) is 0.944. The Morgan fingerprint density at radius 2 is 2.25 bits per heavy atom. The maximum atomic E-state index is 11.2. The maximum absolute atomic E-state index is 11.2. The highest BCUT2D eigenvalue weighted by Crippen LogP contribution is 2.26. The van der Waals surface area contributed by atoms with Crippen molar-refractivity contribution in [2.75, 3.05) is 23.4 Å². The fourth-order valence-electron chi connectivity index (χ4n) is 2.12. The average Bonchev–Trinajstić information content (AvgIpc) is 2.88. The van der Waals surface area contributed by atoms with Gasteiger partial charge in [0.1, 0.15) is 5.82 Å². The molecule has 5 heteroatoms. The summed E-state index contributed by atoms with van der Waals surface area (Å²) < 4.78 is 0. The van der Waals surface area contributed by atoms with Gasteiger partial charge in [0.2, 0.25) is 0 Å². The first-order chi connectivity index (χ1) is 9.36. The molecule has 20 heavy (non-hydrogen) atoms. The van der Waals surface area contributed by atoms with Crippen LogP contribution in [0.3, 0.4) is 0 Å². The Kier molecular flexibility index (Phi) is 4.58. The molecule has 1 aromatic rings. The zero-order chi connectivity index (χ0) is 14.8. The van der Waals surface area contributed by atoms with Crippen molar-refractivity contribution < 1.29 is 9.90 Å². The molecule has 1 aliphatic rings. The van der Waals surface area contributed by atoms with Crippen molar-refractivity contribution in [2.45, 2.75) is 32.6 Å². The van der Waals surface area contributed by atoms with E-state index in [0.29, 0.717) is 17.3 Å². The molecular weight excluding hydrogens is 272 g/mol. The molecule has 0 bridgehead atoms. The van der Waals surface area contributed by atoms with Crippen molar-refractivity contribution in [1.29, 1.82) is 0 Å². The van der Waals surface area contributed by atoms with E-state index in [0.717, 1.165) is 12.2 Å². The molecule has 0 radical (unpaired) electrons. The Morgan fingerprint density at radius 3 is 2.80 bits per heavy atom. The number of rotatable bonds is 4. The van der Waals surface area contributed by atoms with Crippen LogP contribution in [0, 0.1) is 5.92 Å². The smallest absolute Gasteiger partial charge is 0.335 e. The number of hydrogen-bond donors (Lipinski definition) is 2. The van der Waals surface area contributed by atoms with E-state index >= 15 is 0 Å². The number of pyridine rings is 1. The molecule has 110 valence electrons. The van der Waals surface area contributed by atoms with Gasteiger partial charge < -0.3 is 10.4 Å². The topological polar surface area (TPSA) is 62.2 Å². The second kappa shape index (κ2) is 6.04. The molecule has 0 amide bonds. The zero-order valence-electron chi connectivity index (χ0n) is 12.3. The van der Waals surface area contributed by atoms with E-state index in [1.807, 2.05) is 32.5 Å². The highest BCUT2D eigenvalue weighted by molar-refractivity contribution is 7.99. The molecule has 1 aliphatic heterocycles. The monoisotopic (exact) mass is 294 g/mol. The van der Waals surface area contributed by atoms with Crippen LogP contribution in [-0.2, 0) is 5.41 Å². The standard InChI is InChI=1S/C15H22N2O2S/c1-15(2,3)12-6-11(14(18)19)7-13(17-12)16-8-10-4-5-20-9-10/h6-7,10H,4-5,8-9H2,1-3H3,(H,16,17)(H,18,19). The molecule has 1 fully saturated rings. The van der Waals surface area contributed by atoms with Gasteiger partial charge in [-0.2, -0.15) is 11.8 Å². The predicted molar refractivity (Wildman–Crippen MR) is 83.8 cm³/mol. The van der Waals surface area contributed by atoms with Crippen molar-refractivity contribution in [1.82, 2.24) is 4.98 Å². The quantitative estimate of drug-likeness (QED) is 0.892. The SMILES string of the molecule is CC(C)(C)c1cc(C(=O)O)cc(NCC2CCSC2)n1. The molecule has 0 saturated carbocycles. The lowest BCUT2D eigenvalue weighted by atomic mass is 9.90. The minimum absolute atomic E-state index is 0.162. The number of aromatic carboxylic acids is 1. The minimum atomic E-state index is -0.905. The zero-order valence-corrected chi connectivity index (χ0v) is 13.1. The first kappa shape index (κ1) is 15.2. The Bertz CT molecular complexity index is 491. The summed E-state index contributed by atoms with van der Waals surface area (Å²) in [5, 5.41) is 12.5. The van der Waals surface area contributed by atoms with Gasteiger partial charge in [0.15, 0.2) is 0 Å². The van der Waals surface area contributed by atoms with Crippen LogP contribution < -0.4 is 5.32 Å². The van der Waals surface area contributed by atoms with Gasteiger partial charge in [0.05, 0.1) is 5.56 Å². The minimum Gasteiger partial charge on any atom is -0.478 e. The normalized spacial score (nSPS) is 19.1. The van der Waals surface area contributed by atoms with Crippen LogP contribution in [-0.4, -0.2) is 34.1 Å². The van der Waals surface area contributed by atoms with E-state index in [2.05, 4.69) is 10.3 Å². The van der Waals surface area contributed by atoms with Gasteiger partial charge in [-0.15, -0.1) is 0 Å². The number of carboxylic acids is 1. The molecule has 0 spiro atoms. The summed E-state index contributed by atoms with van der Waals surface area (Å²) in [5.74, 6) is 2.83. The van der Waals surface area contributed by atoms with E-state index in [9.17, 15) is 9.90 Å². The summed E-state index contributed by atoms with van der Waals surface area (Å²) in [6.07, 6.45) is 1.22. The number of anilines is 1. The van der Waals surface area contributed by atoms with E-state index in [1.165, 1.54) is 17.9 Å². The van der Waals surface area contributed by atoms with Crippen LogP contribution in [0.2, 0.25) is 0 Å². The molecule has 2 rings (SSSR count). The summed E-state index contributed by atoms with van der Waals surface area (Å²) in [4.78, 5) is 15.8. The Balaban J connectivity index is 2.17. The molecule has 1 unspecified atom stereocenters. The van der Waals surface area contributed by atoms with E-state index in [4.69, 9.17) is 0 Å². The van der Waals surface area contributed by atoms with E-state index < -0.39 is 5.97 Å². The highest BCUT2D eigenvalue weighted by Gasteiger charge is 2.20. The van der Waals surface area contributed by atoms with Gasteiger partial charge in [-0.25, -0.2) is 9.78 Å². The van der Waals surface area contributed by atoms with Crippen molar-refractivity contribution in [3.05, 3.63) is 23.4 Å². The Labute approximate surface area is 124 Å². The van der Waals surface area contributed by atoms with Crippen molar-refractivity contribution in [2.24, 2.45) is 5.92 Å². The summed E-state index contributed by atoms with van der Waals surface area (Å²) in [7, 11) is 0. The van der Waals surface area contributed by atoms with Crippen molar-refractivity contribution >= 4 is 23.5 Å². The number of carboxylic acid groups (broad SMARTS) is 1. The average molecular weight is 294 g/mol. The van der Waals surface area contributed by atoms with Crippen LogP contribution in [0.4, 0.5) is 5.82 Å². The van der Waals surface area contributed by atoms with Crippen LogP contribution in [0.15, 0.2) is 12.1 Å². The summed E-state index contributed by atoms with van der Waals surface area (Å²) in [6, 6.07) is 3.29. The van der Waals surface area contributed by atoms with Gasteiger partial charge in [-0.3, -0.25) is 0 Å². The Morgan fingerprint density at radius 1 is 1.50 bits per heavy atom. The van der Waals surface area contributed by atoms with Gasteiger partial charge in [-0.05, 0) is 36.0 Å². The van der Waals surface area contributed by atoms with Crippen LogP contribution in [0.25, 0.3) is 0 Å². The first-order valence-electron chi connectivity index (χ1n) is 6.94. The second-order valence-electron chi connectivity index (χ2n) is 6.29. The second-order valence-corrected chi connectivity index (χ2v) is 7.44.